The highest BCUT2D eigenvalue weighted by molar-refractivity contribution is 5.83. The number of pyridine rings is 1. The summed E-state index contributed by atoms with van der Waals surface area (Å²) in [4.78, 5) is 29.3. The van der Waals surface area contributed by atoms with Crippen LogP contribution < -0.4 is 5.56 Å². The second-order valence-electron chi connectivity index (χ2n) is 6.02. The molecular formula is C18H18N2O3. The fourth-order valence-electron chi connectivity index (χ4n) is 3.44. The van der Waals surface area contributed by atoms with E-state index in [0.717, 1.165) is 17.5 Å². The normalized spacial score (nSPS) is 19.8. The summed E-state index contributed by atoms with van der Waals surface area (Å²) in [5.74, 6) is -0.0500. The topological polar surface area (TPSA) is 62.4 Å². The number of fused-ring (bicyclic) bond motifs is 2. The Hall–Kier alpha value is -2.40. The van der Waals surface area contributed by atoms with E-state index in [-0.39, 0.29) is 11.5 Å². The van der Waals surface area contributed by atoms with E-state index in [9.17, 15) is 9.59 Å². The average molecular weight is 310 g/mol. The summed E-state index contributed by atoms with van der Waals surface area (Å²) in [5.41, 5.74) is 3.74. The maximum Gasteiger partial charge on any atom is 0.256 e. The van der Waals surface area contributed by atoms with Crippen molar-refractivity contribution >= 4 is 5.91 Å². The Kier molecular flexibility index (Phi) is 3.50. The van der Waals surface area contributed by atoms with E-state index in [1.807, 2.05) is 30.3 Å². The summed E-state index contributed by atoms with van der Waals surface area (Å²) in [6.45, 7) is 1.53. The van der Waals surface area contributed by atoms with Gasteiger partial charge in [-0.2, -0.15) is 0 Å². The molecule has 1 N–H and O–H groups in total. The van der Waals surface area contributed by atoms with Gasteiger partial charge in [-0.3, -0.25) is 9.59 Å². The number of aromatic amines is 1. The standard InChI is InChI=1S/C18H18N2O3/c21-17-15-11-20(9-6-13(15)5-8-19-17)18(22)16-14-4-2-1-3-12(14)7-10-23-16/h1-5,8,16H,6-7,9-11H2,(H,19,21). The second kappa shape index (κ2) is 5.66. The number of aromatic nitrogens is 1. The maximum atomic E-state index is 12.9. The molecule has 0 bridgehead atoms. The molecule has 2 aromatic rings. The first-order chi connectivity index (χ1) is 11.2. The molecular weight excluding hydrogens is 292 g/mol. The van der Waals surface area contributed by atoms with Crippen LogP contribution in [0.15, 0.2) is 41.3 Å². The van der Waals surface area contributed by atoms with E-state index < -0.39 is 6.10 Å². The van der Waals surface area contributed by atoms with Gasteiger partial charge in [0.1, 0.15) is 0 Å². The van der Waals surface area contributed by atoms with E-state index in [2.05, 4.69) is 4.98 Å². The molecule has 0 saturated carbocycles. The van der Waals surface area contributed by atoms with Gasteiger partial charge in [0, 0.05) is 18.3 Å². The van der Waals surface area contributed by atoms with Crippen LogP contribution in [-0.4, -0.2) is 28.9 Å². The molecule has 2 aliphatic heterocycles. The van der Waals surface area contributed by atoms with Gasteiger partial charge in [0.15, 0.2) is 6.10 Å². The number of ether oxygens (including phenoxy) is 1. The van der Waals surface area contributed by atoms with Crippen LogP contribution in [-0.2, 0) is 28.9 Å². The SMILES string of the molecule is O=C(C1OCCc2ccccc21)N1CCc2cc[nH]c(=O)c2C1. The van der Waals surface area contributed by atoms with Gasteiger partial charge in [0.05, 0.1) is 13.2 Å². The molecule has 5 heteroatoms. The van der Waals surface area contributed by atoms with Gasteiger partial charge in [-0.15, -0.1) is 0 Å². The quantitative estimate of drug-likeness (QED) is 0.870. The second-order valence-corrected chi connectivity index (χ2v) is 6.02. The zero-order valence-corrected chi connectivity index (χ0v) is 12.7. The fourth-order valence-corrected chi connectivity index (χ4v) is 3.44. The molecule has 23 heavy (non-hydrogen) atoms. The summed E-state index contributed by atoms with van der Waals surface area (Å²) >= 11 is 0. The summed E-state index contributed by atoms with van der Waals surface area (Å²) in [5, 5.41) is 0. The number of hydrogen-bond acceptors (Lipinski definition) is 3. The van der Waals surface area contributed by atoms with Crippen molar-refractivity contribution in [2.24, 2.45) is 0 Å². The molecule has 1 atom stereocenters. The lowest BCUT2D eigenvalue weighted by molar-refractivity contribution is -0.146. The third-order valence-corrected chi connectivity index (χ3v) is 4.69. The van der Waals surface area contributed by atoms with Crippen molar-refractivity contribution in [1.82, 2.24) is 9.88 Å². The molecule has 1 unspecified atom stereocenters. The number of rotatable bonds is 1. The molecule has 5 nitrogen and oxygen atoms in total. The molecule has 0 fully saturated rings. The fraction of sp³-hybridized carbons (Fsp3) is 0.333. The molecule has 1 aromatic carbocycles. The van der Waals surface area contributed by atoms with E-state index in [1.54, 1.807) is 11.1 Å². The first-order valence-corrected chi connectivity index (χ1v) is 7.91. The number of carbonyl (C=O) groups is 1. The van der Waals surface area contributed by atoms with Gasteiger partial charge >= 0.3 is 0 Å². The zero-order chi connectivity index (χ0) is 15.8. The van der Waals surface area contributed by atoms with Crippen LogP contribution in [0.2, 0.25) is 0 Å². The third kappa shape index (κ3) is 2.47. The molecule has 0 radical (unpaired) electrons. The lowest BCUT2D eigenvalue weighted by Crippen LogP contribution is -2.42. The highest BCUT2D eigenvalue weighted by Crippen LogP contribution is 2.30. The van der Waals surface area contributed by atoms with Gasteiger partial charge in [-0.05, 0) is 35.6 Å². The molecule has 1 aromatic heterocycles. The van der Waals surface area contributed by atoms with Crippen LogP contribution in [0, 0.1) is 0 Å². The predicted molar refractivity (Wildman–Crippen MR) is 85.0 cm³/mol. The van der Waals surface area contributed by atoms with E-state index in [0.29, 0.717) is 31.7 Å². The monoisotopic (exact) mass is 310 g/mol. The zero-order valence-electron chi connectivity index (χ0n) is 12.7. The van der Waals surface area contributed by atoms with Crippen LogP contribution >= 0.6 is 0 Å². The predicted octanol–water partition coefficient (Wildman–Crippen LogP) is 1.57. The van der Waals surface area contributed by atoms with Crippen molar-refractivity contribution in [3.05, 3.63) is 69.1 Å². The van der Waals surface area contributed by atoms with Crippen LogP contribution in [0.1, 0.15) is 28.4 Å². The minimum Gasteiger partial charge on any atom is -0.363 e. The van der Waals surface area contributed by atoms with Gasteiger partial charge in [-0.25, -0.2) is 0 Å². The lowest BCUT2D eigenvalue weighted by Gasteiger charge is -2.33. The highest BCUT2D eigenvalue weighted by Gasteiger charge is 2.32. The Morgan fingerprint density at radius 1 is 1.17 bits per heavy atom. The lowest BCUT2D eigenvalue weighted by atomic mass is 9.95. The maximum absolute atomic E-state index is 12.9. The molecule has 118 valence electrons. The molecule has 0 spiro atoms. The first-order valence-electron chi connectivity index (χ1n) is 7.91. The Morgan fingerprint density at radius 2 is 2.04 bits per heavy atom. The van der Waals surface area contributed by atoms with Crippen LogP contribution in [0.3, 0.4) is 0 Å². The van der Waals surface area contributed by atoms with Gasteiger partial charge in [0.25, 0.3) is 11.5 Å². The molecule has 1 amide bonds. The third-order valence-electron chi connectivity index (χ3n) is 4.69. The van der Waals surface area contributed by atoms with Crippen molar-refractivity contribution in [1.29, 1.82) is 0 Å². The molecule has 0 aliphatic carbocycles. The Bertz CT molecular complexity index is 812. The smallest absolute Gasteiger partial charge is 0.256 e. The first kappa shape index (κ1) is 14.2. The number of nitrogens with zero attached hydrogens (tertiary/aromatic N) is 1. The van der Waals surface area contributed by atoms with Crippen molar-refractivity contribution in [3.8, 4) is 0 Å². The number of nitrogens with one attached hydrogen (secondary N) is 1. The summed E-state index contributed by atoms with van der Waals surface area (Å²) in [6.07, 6.45) is 2.66. The summed E-state index contributed by atoms with van der Waals surface area (Å²) in [6, 6.07) is 9.85. The summed E-state index contributed by atoms with van der Waals surface area (Å²) < 4.78 is 5.76. The Labute approximate surface area is 133 Å². The number of hydrogen-bond donors (Lipinski definition) is 1. The number of benzene rings is 1. The van der Waals surface area contributed by atoms with Crippen molar-refractivity contribution in [3.63, 3.8) is 0 Å². The number of carbonyl (C=O) groups excluding carboxylic acids is 1. The van der Waals surface area contributed by atoms with Crippen LogP contribution in [0.25, 0.3) is 0 Å². The van der Waals surface area contributed by atoms with Gasteiger partial charge in [-0.1, -0.05) is 24.3 Å². The number of amides is 1. The Morgan fingerprint density at radius 3 is 2.96 bits per heavy atom. The average Bonchev–Trinajstić information content (AvgIpc) is 2.61. The van der Waals surface area contributed by atoms with Gasteiger partial charge in [0.2, 0.25) is 0 Å². The molecule has 4 rings (SSSR count). The van der Waals surface area contributed by atoms with Crippen LogP contribution in [0.4, 0.5) is 0 Å². The van der Waals surface area contributed by atoms with E-state index >= 15 is 0 Å². The number of H-pyrrole nitrogens is 1. The minimum absolute atomic E-state index is 0.0500. The van der Waals surface area contributed by atoms with Gasteiger partial charge < -0.3 is 14.6 Å². The summed E-state index contributed by atoms with van der Waals surface area (Å²) in [7, 11) is 0. The van der Waals surface area contributed by atoms with Crippen LogP contribution in [0.5, 0.6) is 0 Å². The van der Waals surface area contributed by atoms with E-state index in [4.69, 9.17) is 4.74 Å². The molecule has 0 saturated heterocycles. The Balaban J connectivity index is 1.62. The highest BCUT2D eigenvalue weighted by atomic mass is 16.5. The minimum atomic E-state index is -0.552. The van der Waals surface area contributed by atoms with Crippen molar-refractivity contribution in [2.45, 2.75) is 25.5 Å². The van der Waals surface area contributed by atoms with Crippen molar-refractivity contribution in [2.75, 3.05) is 13.2 Å². The largest absolute Gasteiger partial charge is 0.363 e. The van der Waals surface area contributed by atoms with E-state index in [1.165, 1.54) is 5.56 Å². The molecule has 2 aliphatic rings. The van der Waals surface area contributed by atoms with Crippen molar-refractivity contribution < 1.29 is 9.53 Å². The molecule has 3 heterocycles.